The molecule has 0 atom stereocenters. The van der Waals surface area contributed by atoms with Crippen LogP contribution >= 0.6 is 0 Å². The summed E-state index contributed by atoms with van der Waals surface area (Å²) < 4.78 is 4.72. The second-order valence-corrected chi connectivity index (χ2v) is 12.9. The van der Waals surface area contributed by atoms with E-state index in [9.17, 15) is 5.26 Å². The molecule has 0 aliphatic carbocycles. The molecule has 0 spiro atoms. The van der Waals surface area contributed by atoms with Gasteiger partial charge in [0.05, 0.1) is 33.5 Å². The van der Waals surface area contributed by atoms with Gasteiger partial charge in [-0.15, -0.1) is 0 Å². The molecule has 7 aromatic carbocycles. The van der Waals surface area contributed by atoms with Crippen LogP contribution in [-0.2, 0) is 0 Å². The van der Waals surface area contributed by atoms with Crippen molar-refractivity contribution in [1.82, 2.24) is 19.1 Å². The van der Waals surface area contributed by atoms with Crippen LogP contribution in [0.2, 0.25) is 0 Å². The quantitative estimate of drug-likeness (QED) is 0.184. The molecular weight excluding hydrogens is 635 g/mol. The first-order valence-electron chi connectivity index (χ1n) is 17.3. The smallest absolute Gasteiger partial charge is 0.160 e. The Morgan fingerprint density at radius 2 is 0.865 bits per heavy atom. The van der Waals surface area contributed by atoms with Crippen molar-refractivity contribution in [2.75, 3.05) is 0 Å². The lowest BCUT2D eigenvalue weighted by Gasteiger charge is -2.13. The molecule has 52 heavy (non-hydrogen) atoms. The molecule has 0 saturated heterocycles. The molecule has 10 rings (SSSR count). The SMILES string of the molecule is N#Cc1c(-c2ccccc2)nc(-c2ccc3c4c5c6ccccc6n(-c6ccccc6)c5ccc4n(-c4ccccc4)c3c2)nc1-c1ccccc1. The Morgan fingerprint density at radius 3 is 1.40 bits per heavy atom. The van der Waals surface area contributed by atoms with E-state index in [1.165, 1.54) is 21.7 Å². The van der Waals surface area contributed by atoms with E-state index in [-0.39, 0.29) is 0 Å². The zero-order valence-electron chi connectivity index (χ0n) is 28.0. The van der Waals surface area contributed by atoms with Crippen LogP contribution in [0.1, 0.15) is 5.56 Å². The van der Waals surface area contributed by atoms with Gasteiger partial charge in [-0.05, 0) is 48.5 Å². The van der Waals surface area contributed by atoms with Gasteiger partial charge in [0.1, 0.15) is 11.6 Å². The van der Waals surface area contributed by atoms with E-state index in [2.05, 4.69) is 130 Å². The Labute approximate surface area is 299 Å². The zero-order valence-corrected chi connectivity index (χ0v) is 28.0. The Kier molecular flexibility index (Phi) is 6.80. The van der Waals surface area contributed by atoms with Crippen LogP contribution in [0, 0.1) is 11.3 Å². The van der Waals surface area contributed by atoms with Gasteiger partial charge in [-0.25, -0.2) is 9.97 Å². The summed E-state index contributed by atoms with van der Waals surface area (Å²) in [5.41, 5.74) is 11.0. The topological polar surface area (TPSA) is 59.4 Å². The van der Waals surface area contributed by atoms with Gasteiger partial charge < -0.3 is 9.13 Å². The highest BCUT2D eigenvalue weighted by molar-refractivity contribution is 6.29. The van der Waals surface area contributed by atoms with Crippen LogP contribution in [0.3, 0.4) is 0 Å². The van der Waals surface area contributed by atoms with Crippen LogP contribution in [0.4, 0.5) is 0 Å². The van der Waals surface area contributed by atoms with Gasteiger partial charge in [-0.1, -0.05) is 127 Å². The van der Waals surface area contributed by atoms with Gasteiger partial charge in [-0.2, -0.15) is 5.26 Å². The molecular formula is C47H29N5. The molecule has 5 nitrogen and oxygen atoms in total. The first-order valence-corrected chi connectivity index (χ1v) is 17.3. The number of benzene rings is 7. The molecule has 0 amide bonds. The lowest BCUT2D eigenvalue weighted by molar-refractivity contribution is 1.16. The molecule has 0 aliphatic rings. The minimum Gasteiger partial charge on any atom is -0.309 e. The molecule has 0 radical (unpaired) electrons. The van der Waals surface area contributed by atoms with E-state index in [1.54, 1.807) is 0 Å². The number of para-hydroxylation sites is 3. The summed E-state index contributed by atoms with van der Waals surface area (Å²) in [6.07, 6.45) is 0. The van der Waals surface area contributed by atoms with E-state index in [1.807, 2.05) is 60.7 Å². The van der Waals surface area contributed by atoms with Gasteiger partial charge in [0.15, 0.2) is 5.82 Å². The summed E-state index contributed by atoms with van der Waals surface area (Å²) in [5.74, 6) is 0.564. The van der Waals surface area contributed by atoms with Gasteiger partial charge in [0.2, 0.25) is 0 Å². The first-order chi connectivity index (χ1) is 25.8. The molecule has 0 saturated carbocycles. The maximum absolute atomic E-state index is 10.5. The van der Waals surface area contributed by atoms with E-state index in [4.69, 9.17) is 9.97 Å². The van der Waals surface area contributed by atoms with E-state index in [0.717, 1.165) is 50.0 Å². The maximum atomic E-state index is 10.5. The number of nitriles is 1. The minimum atomic E-state index is 0.456. The molecule has 10 aromatic rings. The molecule has 3 heterocycles. The summed E-state index contributed by atoms with van der Waals surface area (Å²) in [6.45, 7) is 0. The molecule has 0 aliphatic heterocycles. The van der Waals surface area contributed by atoms with Crippen molar-refractivity contribution in [3.05, 3.63) is 181 Å². The molecule has 0 unspecified atom stereocenters. The highest BCUT2D eigenvalue weighted by atomic mass is 15.0. The minimum absolute atomic E-state index is 0.456. The van der Waals surface area contributed by atoms with Gasteiger partial charge in [0, 0.05) is 49.6 Å². The summed E-state index contributed by atoms with van der Waals surface area (Å²) in [7, 11) is 0. The molecule has 0 N–H and O–H groups in total. The molecule has 5 heteroatoms. The first kappa shape index (κ1) is 29.6. The average Bonchev–Trinajstić information content (AvgIpc) is 3.74. The summed E-state index contributed by atoms with van der Waals surface area (Å²) in [6, 6.07) is 63.1. The predicted octanol–water partition coefficient (Wildman–Crippen LogP) is 11.5. The second kappa shape index (κ2) is 11.9. The lowest BCUT2D eigenvalue weighted by Crippen LogP contribution is -2.01. The molecule has 0 bridgehead atoms. The van der Waals surface area contributed by atoms with E-state index in [0.29, 0.717) is 22.8 Å². The molecule has 242 valence electrons. The molecule has 3 aromatic heterocycles. The summed E-state index contributed by atoms with van der Waals surface area (Å²) in [4.78, 5) is 10.2. The fourth-order valence-corrected chi connectivity index (χ4v) is 7.72. The van der Waals surface area contributed by atoms with Crippen molar-refractivity contribution in [3.63, 3.8) is 0 Å². The van der Waals surface area contributed by atoms with Crippen LogP contribution in [0.15, 0.2) is 176 Å². The highest BCUT2D eigenvalue weighted by Crippen LogP contribution is 2.43. The average molecular weight is 664 g/mol. The number of rotatable bonds is 5. The van der Waals surface area contributed by atoms with Crippen molar-refractivity contribution < 1.29 is 0 Å². The van der Waals surface area contributed by atoms with Crippen molar-refractivity contribution in [1.29, 1.82) is 5.26 Å². The third-order valence-electron chi connectivity index (χ3n) is 9.97. The van der Waals surface area contributed by atoms with Gasteiger partial charge in [0.25, 0.3) is 0 Å². The third-order valence-corrected chi connectivity index (χ3v) is 9.97. The lowest BCUT2D eigenvalue weighted by atomic mass is 10.00. The summed E-state index contributed by atoms with van der Waals surface area (Å²) >= 11 is 0. The van der Waals surface area contributed by atoms with E-state index < -0.39 is 0 Å². The van der Waals surface area contributed by atoms with Crippen LogP contribution < -0.4 is 0 Å². The maximum Gasteiger partial charge on any atom is 0.160 e. The number of fused-ring (bicyclic) bond motifs is 7. The Balaban J connectivity index is 1.30. The predicted molar refractivity (Wildman–Crippen MR) is 212 cm³/mol. The van der Waals surface area contributed by atoms with Crippen molar-refractivity contribution >= 4 is 43.6 Å². The number of aromatic nitrogens is 4. The standard InChI is InChI=1S/C47H29N5/c48-30-38-45(31-15-5-1-6-16-31)49-47(50-46(38)32-17-7-2-8-18-32)33-25-26-37-42(29-33)52(35-21-11-4-12-22-35)41-28-27-40-43(44(37)41)36-23-13-14-24-39(36)51(40)34-19-9-3-10-20-34/h1-29H. The molecule has 0 fully saturated rings. The fourth-order valence-electron chi connectivity index (χ4n) is 7.72. The van der Waals surface area contributed by atoms with Crippen molar-refractivity contribution in [2.24, 2.45) is 0 Å². The fraction of sp³-hybridized carbons (Fsp3) is 0. The van der Waals surface area contributed by atoms with Crippen LogP contribution in [-0.4, -0.2) is 19.1 Å². The summed E-state index contributed by atoms with van der Waals surface area (Å²) in [5, 5.41) is 15.2. The van der Waals surface area contributed by atoms with Crippen molar-refractivity contribution in [3.8, 4) is 51.3 Å². The van der Waals surface area contributed by atoms with Gasteiger partial charge in [-0.3, -0.25) is 0 Å². The Morgan fingerprint density at radius 1 is 0.404 bits per heavy atom. The van der Waals surface area contributed by atoms with Gasteiger partial charge >= 0.3 is 0 Å². The normalized spacial score (nSPS) is 11.4. The third kappa shape index (κ3) is 4.56. The van der Waals surface area contributed by atoms with Crippen LogP contribution in [0.5, 0.6) is 0 Å². The Hall–Kier alpha value is -7.29. The van der Waals surface area contributed by atoms with Crippen LogP contribution in [0.25, 0.3) is 88.9 Å². The Bertz CT molecular complexity index is 2930. The van der Waals surface area contributed by atoms with E-state index >= 15 is 0 Å². The number of nitrogens with zero attached hydrogens (tertiary/aromatic N) is 5. The highest BCUT2D eigenvalue weighted by Gasteiger charge is 2.23. The largest absolute Gasteiger partial charge is 0.309 e. The van der Waals surface area contributed by atoms with Crippen molar-refractivity contribution in [2.45, 2.75) is 0 Å². The zero-order chi connectivity index (χ0) is 34.6. The number of hydrogen-bond donors (Lipinski definition) is 0. The monoisotopic (exact) mass is 663 g/mol. The number of hydrogen-bond acceptors (Lipinski definition) is 3. The second-order valence-electron chi connectivity index (χ2n) is 12.9.